The molecule has 2 aromatic carbocycles. The Hall–Kier alpha value is -2.94. The predicted molar refractivity (Wildman–Crippen MR) is 104 cm³/mol. The lowest BCUT2D eigenvalue weighted by atomic mass is 10.1. The molecular weight excluding hydrogens is 381 g/mol. The summed E-state index contributed by atoms with van der Waals surface area (Å²) in [5.41, 5.74) is 1.59. The van der Waals surface area contributed by atoms with E-state index in [4.69, 9.17) is 4.74 Å². The van der Waals surface area contributed by atoms with Gasteiger partial charge in [0.25, 0.3) is 0 Å². The molecule has 0 fully saturated rings. The van der Waals surface area contributed by atoms with E-state index >= 15 is 0 Å². The van der Waals surface area contributed by atoms with E-state index < -0.39 is 5.25 Å². The van der Waals surface area contributed by atoms with E-state index in [0.29, 0.717) is 5.16 Å². The van der Waals surface area contributed by atoms with Crippen molar-refractivity contribution in [1.29, 1.82) is 0 Å². The third kappa shape index (κ3) is 4.66. The van der Waals surface area contributed by atoms with E-state index in [1.165, 1.54) is 23.9 Å². The van der Waals surface area contributed by atoms with Gasteiger partial charge in [0, 0.05) is 0 Å². The van der Waals surface area contributed by atoms with Crippen LogP contribution in [0.4, 0.5) is 4.39 Å². The van der Waals surface area contributed by atoms with E-state index in [9.17, 15) is 9.18 Å². The number of carbonyl (C=O) groups is 1. The highest BCUT2D eigenvalue weighted by Crippen LogP contribution is 2.24. The smallest absolute Gasteiger partial charge is 0.233 e. The number of benzene rings is 2. The lowest BCUT2D eigenvalue weighted by molar-refractivity contribution is -0.120. The van der Waals surface area contributed by atoms with E-state index in [2.05, 4.69) is 20.8 Å². The summed E-state index contributed by atoms with van der Waals surface area (Å²) >= 11 is 1.25. The number of hydrogen-bond donors (Lipinski definition) is 1. The highest BCUT2D eigenvalue weighted by Gasteiger charge is 2.21. The van der Waals surface area contributed by atoms with Crippen molar-refractivity contribution < 1.29 is 13.9 Å². The van der Waals surface area contributed by atoms with Crippen molar-refractivity contribution in [2.24, 2.45) is 0 Å². The molecule has 0 saturated carbocycles. The maximum atomic E-state index is 13.1. The first-order valence-corrected chi connectivity index (χ1v) is 9.51. The van der Waals surface area contributed by atoms with Crippen LogP contribution in [0.15, 0.2) is 53.7 Å². The number of nitrogens with zero attached hydrogens (tertiary/aromatic N) is 4. The van der Waals surface area contributed by atoms with E-state index in [1.54, 1.807) is 30.8 Å². The lowest BCUT2D eigenvalue weighted by Crippen LogP contribution is -2.33. The molecular formula is C19H20FN5O2S. The molecule has 0 saturated heterocycles. The minimum absolute atomic E-state index is 0.161. The molecule has 146 valence electrons. The van der Waals surface area contributed by atoms with Crippen LogP contribution in [0.25, 0.3) is 5.69 Å². The fourth-order valence-corrected chi connectivity index (χ4v) is 3.33. The molecule has 2 atom stereocenters. The van der Waals surface area contributed by atoms with Crippen LogP contribution >= 0.6 is 11.8 Å². The first-order chi connectivity index (χ1) is 13.5. The highest BCUT2D eigenvalue weighted by atomic mass is 32.2. The van der Waals surface area contributed by atoms with Gasteiger partial charge in [-0.3, -0.25) is 4.79 Å². The standard InChI is InChI=1S/C19H20FN5O2S/c1-12(14-4-6-15(20)7-5-14)21-18(26)13(2)28-19-22-23-24-25(19)16-8-10-17(27-3)11-9-16/h4-13H,1-3H3,(H,21,26)/t12-,13-/m1/s1. The minimum atomic E-state index is -0.425. The lowest BCUT2D eigenvalue weighted by Gasteiger charge is -2.17. The molecule has 0 aliphatic carbocycles. The van der Waals surface area contributed by atoms with Crippen molar-refractivity contribution >= 4 is 17.7 Å². The van der Waals surface area contributed by atoms with Crippen LogP contribution in [-0.2, 0) is 4.79 Å². The quantitative estimate of drug-likeness (QED) is 0.613. The van der Waals surface area contributed by atoms with Gasteiger partial charge in [-0.25, -0.2) is 4.39 Å². The van der Waals surface area contributed by atoms with Crippen LogP contribution in [0.2, 0.25) is 0 Å². The molecule has 0 radical (unpaired) electrons. The Morgan fingerprint density at radius 3 is 2.46 bits per heavy atom. The Labute approximate surface area is 166 Å². The van der Waals surface area contributed by atoms with Crippen LogP contribution in [0, 0.1) is 5.82 Å². The Morgan fingerprint density at radius 1 is 1.14 bits per heavy atom. The van der Waals surface area contributed by atoms with Gasteiger partial charge in [-0.15, -0.1) is 5.10 Å². The summed E-state index contributed by atoms with van der Waals surface area (Å²) in [7, 11) is 1.60. The zero-order chi connectivity index (χ0) is 20.1. The van der Waals surface area contributed by atoms with E-state index in [0.717, 1.165) is 17.0 Å². The number of ether oxygens (including phenoxy) is 1. The normalized spacial score (nSPS) is 13.0. The van der Waals surface area contributed by atoms with Gasteiger partial charge in [-0.1, -0.05) is 23.9 Å². The molecule has 0 unspecified atom stereocenters. The third-order valence-corrected chi connectivity index (χ3v) is 5.17. The zero-order valence-electron chi connectivity index (χ0n) is 15.7. The average molecular weight is 401 g/mol. The average Bonchev–Trinajstić information content (AvgIpc) is 3.16. The molecule has 1 heterocycles. The van der Waals surface area contributed by atoms with Crippen LogP contribution in [0.3, 0.4) is 0 Å². The van der Waals surface area contributed by atoms with Gasteiger partial charge in [0.05, 0.1) is 24.1 Å². The number of methoxy groups -OCH3 is 1. The SMILES string of the molecule is COc1ccc(-n2nnnc2S[C@H](C)C(=O)N[C@H](C)c2ccc(F)cc2)cc1. The molecule has 7 nitrogen and oxygen atoms in total. The fourth-order valence-electron chi connectivity index (χ4n) is 2.52. The van der Waals surface area contributed by atoms with Gasteiger partial charge < -0.3 is 10.1 Å². The zero-order valence-corrected chi connectivity index (χ0v) is 16.5. The first kappa shape index (κ1) is 19.8. The molecule has 0 aliphatic heterocycles. The number of carbonyl (C=O) groups excluding carboxylic acids is 1. The second kappa shape index (κ2) is 8.83. The highest BCUT2D eigenvalue weighted by molar-refractivity contribution is 8.00. The van der Waals surface area contributed by atoms with Gasteiger partial charge >= 0.3 is 0 Å². The summed E-state index contributed by atoms with van der Waals surface area (Å²) in [5.74, 6) is 0.260. The van der Waals surface area contributed by atoms with Crippen molar-refractivity contribution in [2.45, 2.75) is 30.3 Å². The van der Waals surface area contributed by atoms with Crippen LogP contribution in [-0.4, -0.2) is 38.5 Å². The molecule has 1 N–H and O–H groups in total. The third-order valence-electron chi connectivity index (χ3n) is 4.14. The van der Waals surface area contributed by atoms with E-state index in [1.807, 2.05) is 31.2 Å². The van der Waals surface area contributed by atoms with Crippen LogP contribution < -0.4 is 10.1 Å². The van der Waals surface area contributed by atoms with Gasteiger partial charge in [0.15, 0.2) is 0 Å². The van der Waals surface area contributed by atoms with Gasteiger partial charge in [0.1, 0.15) is 11.6 Å². The summed E-state index contributed by atoms with van der Waals surface area (Å²) < 4.78 is 19.8. The number of halogens is 1. The molecule has 9 heteroatoms. The second-order valence-electron chi connectivity index (χ2n) is 6.11. The summed E-state index contributed by atoms with van der Waals surface area (Å²) in [6.45, 7) is 3.63. The number of amides is 1. The van der Waals surface area contributed by atoms with Crippen LogP contribution in [0.1, 0.15) is 25.5 Å². The number of hydrogen-bond acceptors (Lipinski definition) is 6. The molecule has 28 heavy (non-hydrogen) atoms. The largest absolute Gasteiger partial charge is 0.497 e. The van der Waals surface area contributed by atoms with Crippen molar-refractivity contribution in [3.05, 3.63) is 59.9 Å². The van der Waals surface area contributed by atoms with Crippen LogP contribution in [0.5, 0.6) is 5.75 Å². The number of aromatic nitrogens is 4. The predicted octanol–water partition coefficient (Wildman–Crippen LogP) is 3.17. The molecule has 0 spiro atoms. The fraction of sp³-hybridized carbons (Fsp3) is 0.263. The maximum Gasteiger partial charge on any atom is 0.233 e. The van der Waals surface area contributed by atoms with Gasteiger partial charge in [-0.2, -0.15) is 4.68 Å². The Kier molecular flexibility index (Phi) is 6.25. The van der Waals surface area contributed by atoms with Crippen molar-refractivity contribution in [1.82, 2.24) is 25.5 Å². The number of thioether (sulfide) groups is 1. The van der Waals surface area contributed by atoms with Crippen molar-refractivity contribution in [3.8, 4) is 11.4 Å². The number of tetrazole rings is 1. The second-order valence-corrected chi connectivity index (χ2v) is 7.42. The van der Waals surface area contributed by atoms with Gasteiger partial charge in [0.2, 0.25) is 11.1 Å². The molecule has 1 aromatic heterocycles. The summed E-state index contributed by atoms with van der Waals surface area (Å²) in [6.07, 6.45) is 0. The molecule has 1 amide bonds. The van der Waals surface area contributed by atoms with Crippen molar-refractivity contribution in [3.63, 3.8) is 0 Å². The summed E-state index contributed by atoms with van der Waals surface area (Å²) in [4.78, 5) is 12.6. The molecule has 0 bridgehead atoms. The van der Waals surface area contributed by atoms with Crippen molar-refractivity contribution in [2.75, 3.05) is 7.11 Å². The number of nitrogens with one attached hydrogen (secondary N) is 1. The Morgan fingerprint density at radius 2 is 1.82 bits per heavy atom. The number of rotatable bonds is 7. The van der Waals surface area contributed by atoms with Gasteiger partial charge in [-0.05, 0) is 66.2 Å². The van der Waals surface area contributed by atoms with E-state index in [-0.39, 0.29) is 17.8 Å². The molecule has 3 rings (SSSR count). The summed E-state index contributed by atoms with van der Waals surface area (Å²) in [5, 5.41) is 14.7. The molecule has 3 aromatic rings. The first-order valence-electron chi connectivity index (χ1n) is 8.63. The molecule has 0 aliphatic rings. The maximum absolute atomic E-state index is 13.1. The Balaban J connectivity index is 1.65. The summed E-state index contributed by atoms with van der Waals surface area (Å²) in [6, 6.07) is 13.1. The minimum Gasteiger partial charge on any atom is -0.497 e. The topological polar surface area (TPSA) is 81.9 Å². The monoisotopic (exact) mass is 401 g/mol. The Bertz CT molecular complexity index is 930.